The van der Waals surface area contributed by atoms with Gasteiger partial charge in [0.25, 0.3) is 0 Å². The second-order valence-corrected chi connectivity index (χ2v) is 12.6. The van der Waals surface area contributed by atoms with Crippen molar-refractivity contribution in [3.05, 3.63) is 48.0 Å². The third-order valence-electron chi connectivity index (χ3n) is 4.95. The molecular formula is C21H28O3Si. The van der Waals surface area contributed by atoms with Crippen LogP contribution in [0, 0.1) is 0 Å². The van der Waals surface area contributed by atoms with Gasteiger partial charge in [-0.3, -0.25) is 4.79 Å². The van der Waals surface area contributed by atoms with Gasteiger partial charge in [0.15, 0.2) is 5.78 Å². The Morgan fingerprint density at radius 3 is 2.00 bits per heavy atom. The van der Waals surface area contributed by atoms with Gasteiger partial charge in [-0.2, -0.15) is 0 Å². The van der Waals surface area contributed by atoms with Crippen molar-refractivity contribution in [2.24, 2.45) is 0 Å². The van der Waals surface area contributed by atoms with Crippen LogP contribution in [0.1, 0.15) is 38.1 Å². The molecule has 0 heterocycles. The highest BCUT2D eigenvalue weighted by Crippen LogP contribution is 2.38. The highest BCUT2D eigenvalue weighted by Gasteiger charge is 2.38. The Hall–Kier alpha value is -2.07. The molecule has 2 aromatic carbocycles. The Bertz CT molecular complexity index is 756. The number of hydrogen-bond donors (Lipinski definition) is 0. The van der Waals surface area contributed by atoms with Gasteiger partial charge in [-0.15, -0.1) is 0 Å². The predicted octanol–water partition coefficient (Wildman–Crippen LogP) is 5.95. The van der Waals surface area contributed by atoms with Gasteiger partial charge in [0.05, 0.1) is 7.11 Å². The zero-order valence-electron chi connectivity index (χ0n) is 16.3. The molecule has 25 heavy (non-hydrogen) atoms. The maximum absolute atomic E-state index is 11.9. The van der Waals surface area contributed by atoms with Crippen molar-refractivity contribution < 1.29 is 14.0 Å². The SMILES string of the molecule is COc1ccc(C(C)=O)c(-c2ccc(O[Si](C)(C)C(C)(C)C)cc2)c1. The van der Waals surface area contributed by atoms with E-state index in [0.717, 1.165) is 22.6 Å². The molecule has 0 atom stereocenters. The van der Waals surface area contributed by atoms with Crippen LogP contribution in [-0.4, -0.2) is 21.2 Å². The van der Waals surface area contributed by atoms with Crippen LogP contribution in [0.2, 0.25) is 18.1 Å². The van der Waals surface area contributed by atoms with Crippen molar-refractivity contribution >= 4 is 14.1 Å². The maximum atomic E-state index is 11.9. The summed E-state index contributed by atoms with van der Waals surface area (Å²) in [6, 6.07) is 13.5. The normalized spacial score (nSPS) is 12.0. The van der Waals surface area contributed by atoms with Crippen LogP contribution in [0.5, 0.6) is 11.5 Å². The lowest BCUT2D eigenvalue weighted by Crippen LogP contribution is -2.43. The number of hydrogen-bond acceptors (Lipinski definition) is 3. The monoisotopic (exact) mass is 356 g/mol. The van der Waals surface area contributed by atoms with Gasteiger partial charge in [-0.1, -0.05) is 32.9 Å². The Labute approximate surface area is 152 Å². The molecule has 0 spiro atoms. The number of carbonyl (C=O) groups excluding carboxylic acids is 1. The summed E-state index contributed by atoms with van der Waals surface area (Å²) in [7, 11) is -0.232. The first-order valence-electron chi connectivity index (χ1n) is 8.53. The molecule has 0 aliphatic heterocycles. The van der Waals surface area contributed by atoms with Crippen molar-refractivity contribution in [3.8, 4) is 22.6 Å². The van der Waals surface area contributed by atoms with Crippen LogP contribution in [0.15, 0.2) is 42.5 Å². The molecule has 3 nitrogen and oxygen atoms in total. The van der Waals surface area contributed by atoms with E-state index in [0.29, 0.717) is 5.56 Å². The molecule has 0 radical (unpaired) electrons. The van der Waals surface area contributed by atoms with E-state index < -0.39 is 8.32 Å². The van der Waals surface area contributed by atoms with E-state index in [2.05, 4.69) is 33.9 Å². The molecule has 0 unspecified atom stereocenters. The van der Waals surface area contributed by atoms with Crippen LogP contribution in [-0.2, 0) is 0 Å². The van der Waals surface area contributed by atoms with Gasteiger partial charge in [0.2, 0.25) is 8.32 Å². The molecule has 0 aliphatic rings. The van der Waals surface area contributed by atoms with Gasteiger partial charge in [0.1, 0.15) is 11.5 Å². The topological polar surface area (TPSA) is 35.5 Å². The Morgan fingerprint density at radius 2 is 1.52 bits per heavy atom. The molecule has 0 saturated carbocycles. The number of benzene rings is 2. The summed E-state index contributed by atoms with van der Waals surface area (Å²) in [5, 5.41) is 0.153. The van der Waals surface area contributed by atoms with Crippen molar-refractivity contribution in [2.75, 3.05) is 7.11 Å². The fraction of sp³-hybridized carbons (Fsp3) is 0.381. The molecule has 4 heteroatoms. The minimum Gasteiger partial charge on any atom is -0.544 e. The third-order valence-corrected chi connectivity index (χ3v) is 9.31. The second kappa shape index (κ2) is 7.04. The Morgan fingerprint density at radius 1 is 0.960 bits per heavy atom. The zero-order valence-corrected chi connectivity index (χ0v) is 17.3. The second-order valence-electron chi connectivity index (χ2n) is 7.85. The summed E-state index contributed by atoms with van der Waals surface area (Å²) in [4.78, 5) is 11.9. The van der Waals surface area contributed by atoms with Gasteiger partial charge in [-0.05, 0) is 66.5 Å². The van der Waals surface area contributed by atoms with Crippen LogP contribution in [0.3, 0.4) is 0 Å². The number of rotatable bonds is 5. The maximum Gasteiger partial charge on any atom is 0.250 e. The van der Waals surface area contributed by atoms with E-state index in [4.69, 9.17) is 9.16 Å². The Kier molecular flexibility index (Phi) is 5.42. The van der Waals surface area contributed by atoms with E-state index in [1.165, 1.54) is 0 Å². The molecule has 2 rings (SSSR count). The van der Waals surface area contributed by atoms with E-state index in [1.54, 1.807) is 14.0 Å². The Balaban J connectivity index is 2.36. The van der Waals surface area contributed by atoms with Crippen molar-refractivity contribution in [2.45, 2.75) is 45.8 Å². The summed E-state index contributed by atoms with van der Waals surface area (Å²) in [5.41, 5.74) is 2.55. The third kappa shape index (κ3) is 4.31. The molecule has 134 valence electrons. The fourth-order valence-electron chi connectivity index (χ4n) is 2.35. The molecule has 0 bridgehead atoms. The first-order valence-corrected chi connectivity index (χ1v) is 11.4. The van der Waals surface area contributed by atoms with Crippen LogP contribution in [0.25, 0.3) is 11.1 Å². The van der Waals surface area contributed by atoms with E-state index in [-0.39, 0.29) is 10.8 Å². The fourth-order valence-corrected chi connectivity index (χ4v) is 3.38. The average molecular weight is 357 g/mol. The molecule has 0 fully saturated rings. The van der Waals surface area contributed by atoms with Crippen molar-refractivity contribution in [1.82, 2.24) is 0 Å². The van der Waals surface area contributed by atoms with E-state index >= 15 is 0 Å². The molecule has 0 aliphatic carbocycles. The highest BCUT2D eigenvalue weighted by molar-refractivity contribution is 6.74. The van der Waals surface area contributed by atoms with Crippen molar-refractivity contribution in [1.29, 1.82) is 0 Å². The molecule has 0 saturated heterocycles. The van der Waals surface area contributed by atoms with Gasteiger partial charge >= 0.3 is 0 Å². The lowest BCUT2D eigenvalue weighted by atomic mass is 9.97. The lowest BCUT2D eigenvalue weighted by Gasteiger charge is -2.36. The van der Waals surface area contributed by atoms with Gasteiger partial charge < -0.3 is 9.16 Å². The predicted molar refractivity (Wildman–Crippen MR) is 106 cm³/mol. The number of ether oxygens (including phenoxy) is 1. The lowest BCUT2D eigenvalue weighted by molar-refractivity contribution is 0.101. The molecular weight excluding hydrogens is 328 g/mol. The number of carbonyl (C=O) groups is 1. The van der Waals surface area contributed by atoms with Crippen LogP contribution < -0.4 is 9.16 Å². The summed E-state index contributed by atoms with van der Waals surface area (Å²) >= 11 is 0. The summed E-state index contributed by atoms with van der Waals surface area (Å²) in [5.74, 6) is 1.66. The van der Waals surface area contributed by atoms with Crippen molar-refractivity contribution in [3.63, 3.8) is 0 Å². The standard InChI is InChI=1S/C21H28O3Si/c1-15(22)19-13-12-18(23-5)14-20(19)16-8-10-17(11-9-16)24-25(6,7)21(2,3)4/h8-14H,1-7H3. The smallest absolute Gasteiger partial charge is 0.250 e. The van der Waals surface area contributed by atoms with Gasteiger partial charge in [-0.25, -0.2) is 0 Å². The first kappa shape index (κ1) is 19.3. The quantitative estimate of drug-likeness (QED) is 0.490. The average Bonchev–Trinajstić information content (AvgIpc) is 2.53. The van der Waals surface area contributed by atoms with E-state index in [9.17, 15) is 4.79 Å². The van der Waals surface area contributed by atoms with Crippen LogP contribution in [0.4, 0.5) is 0 Å². The largest absolute Gasteiger partial charge is 0.544 e. The van der Waals surface area contributed by atoms with E-state index in [1.807, 2.05) is 42.5 Å². The molecule has 2 aromatic rings. The summed E-state index contributed by atoms with van der Waals surface area (Å²) in [6.07, 6.45) is 0. The number of ketones is 1. The molecule has 0 amide bonds. The molecule has 0 aromatic heterocycles. The van der Waals surface area contributed by atoms with Gasteiger partial charge in [0, 0.05) is 5.56 Å². The number of methoxy groups -OCH3 is 1. The summed E-state index contributed by atoms with van der Waals surface area (Å²) in [6.45, 7) is 12.7. The highest BCUT2D eigenvalue weighted by atomic mass is 28.4. The summed E-state index contributed by atoms with van der Waals surface area (Å²) < 4.78 is 11.6. The first-order chi connectivity index (χ1) is 11.5. The molecule has 0 N–H and O–H groups in total. The zero-order chi connectivity index (χ0) is 18.8. The number of Topliss-reactive ketones (excluding diaryl/α,β-unsaturated/α-hetero) is 1. The minimum absolute atomic E-state index is 0.0410. The van der Waals surface area contributed by atoms with Crippen LogP contribution >= 0.6 is 0 Å². The minimum atomic E-state index is -1.86.